The first kappa shape index (κ1) is 18.5. The number of hydrogen-bond donors (Lipinski definition) is 0. The van der Waals surface area contributed by atoms with Crippen LogP contribution in [0.25, 0.3) is 0 Å². The summed E-state index contributed by atoms with van der Waals surface area (Å²) in [6.45, 7) is 8.58. The number of esters is 1. The molecule has 3 nitrogen and oxygen atoms in total. The third-order valence-corrected chi connectivity index (χ3v) is 8.13. The van der Waals surface area contributed by atoms with Crippen molar-refractivity contribution < 1.29 is 14.3 Å². The molecule has 0 N–H and O–H groups in total. The molecule has 0 heterocycles. The fourth-order valence-corrected chi connectivity index (χ4v) is 6.66. The molecular weight excluding hydrogens is 336 g/mol. The molecule has 0 aromatic rings. The van der Waals surface area contributed by atoms with E-state index in [1.807, 2.05) is 6.08 Å². The quantitative estimate of drug-likeness (QED) is 0.403. The minimum atomic E-state index is -0.353. The summed E-state index contributed by atoms with van der Waals surface area (Å²) in [5, 5.41) is 0. The highest BCUT2D eigenvalue weighted by molar-refractivity contribution is 6.01. The second kappa shape index (κ2) is 6.61. The molecule has 4 aliphatic rings. The molecule has 3 saturated carbocycles. The summed E-state index contributed by atoms with van der Waals surface area (Å²) in [4.78, 5) is 23.2. The summed E-state index contributed by atoms with van der Waals surface area (Å²) in [7, 11) is 0. The van der Waals surface area contributed by atoms with Crippen molar-refractivity contribution in [1.82, 2.24) is 0 Å². The zero-order chi connectivity index (χ0) is 19.2. The van der Waals surface area contributed by atoms with Gasteiger partial charge in [0.2, 0.25) is 0 Å². The van der Waals surface area contributed by atoms with Crippen LogP contribution in [0.4, 0.5) is 0 Å². The van der Waals surface area contributed by atoms with E-state index in [9.17, 15) is 9.59 Å². The zero-order valence-corrected chi connectivity index (χ0v) is 16.5. The van der Waals surface area contributed by atoms with Crippen LogP contribution in [0.15, 0.2) is 48.1 Å². The fourth-order valence-electron chi connectivity index (χ4n) is 6.66. The first-order chi connectivity index (χ1) is 12.9. The number of fused-ring (bicyclic) bond motifs is 5. The molecule has 0 amide bonds. The fraction of sp³-hybridized carbons (Fsp3) is 0.583. The van der Waals surface area contributed by atoms with Crippen LogP contribution in [0.5, 0.6) is 0 Å². The summed E-state index contributed by atoms with van der Waals surface area (Å²) in [5.74, 6) is 1.85. The number of carbonyl (C=O) groups is 2. The smallest absolute Gasteiger partial charge is 0.330 e. The monoisotopic (exact) mass is 366 g/mol. The molecular formula is C24H30O3. The Morgan fingerprint density at radius 3 is 2.85 bits per heavy atom. The van der Waals surface area contributed by atoms with Crippen molar-refractivity contribution >= 4 is 11.8 Å². The van der Waals surface area contributed by atoms with E-state index in [0.717, 1.165) is 12.8 Å². The second-order valence-electron chi connectivity index (χ2n) is 9.16. The van der Waals surface area contributed by atoms with Crippen molar-refractivity contribution in [2.75, 3.05) is 6.61 Å². The highest BCUT2D eigenvalue weighted by Gasteiger charge is 2.56. The molecule has 4 rings (SSSR count). The average molecular weight is 367 g/mol. The van der Waals surface area contributed by atoms with Gasteiger partial charge in [-0.1, -0.05) is 37.6 Å². The van der Waals surface area contributed by atoms with Crippen LogP contribution in [-0.4, -0.2) is 18.4 Å². The summed E-state index contributed by atoms with van der Waals surface area (Å²) >= 11 is 0. The third kappa shape index (κ3) is 2.86. The Morgan fingerprint density at radius 2 is 2.07 bits per heavy atom. The average Bonchev–Trinajstić information content (AvgIpc) is 2.99. The van der Waals surface area contributed by atoms with E-state index in [2.05, 4.69) is 32.6 Å². The van der Waals surface area contributed by atoms with Crippen LogP contribution in [0.1, 0.15) is 52.4 Å². The van der Waals surface area contributed by atoms with Crippen LogP contribution in [0, 0.1) is 28.6 Å². The van der Waals surface area contributed by atoms with Gasteiger partial charge in [-0.05, 0) is 79.9 Å². The Hall–Kier alpha value is -1.90. The van der Waals surface area contributed by atoms with Crippen molar-refractivity contribution in [3.05, 3.63) is 48.1 Å². The molecule has 0 aliphatic heterocycles. The van der Waals surface area contributed by atoms with Crippen LogP contribution in [0.2, 0.25) is 0 Å². The van der Waals surface area contributed by atoms with Crippen molar-refractivity contribution in [2.24, 2.45) is 28.6 Å². The van der Waals surface area contributed by atoms with Gasteiger partial charge in [0.15, 0.2) is 5.78 Å². The summed E-state index contributed by atoms with van der Waals surface area (Å²) < 4.78 is 5.20. The Morgan fingerprint density at radius 1 is 1.26 bits per heavy atom. The number of rotatable bonds is 3. The predicted octanol–water partition coefficient (Wildman–Crippen LogP) is 4.95. The summed E-state index contributed by atoms with van der Waals surface area (Å²) in [6, 6.07) is 0. The summed E-state index contributed by atoms with van der Waals surface area (Å²) in [6.07, 6.45) is 16.2. The molecule has 3 heteroatoms. The Bertz CT molecular complexity index is 770. The lowest BCUT2D eigenvalue weighted by Crippen LogP contribution is -2.48. The number of hydrogen-bond acceptors (Lipinski definition) is 3. The zero-order valence-electron chi connectivity index (χ0n) is 16.5. The topological polar surface area (TPSA) is 43.4 Å². The van der Waals surface area contributed by atoms with E-state index in [0.29, 0.717) is 24.4 Å². The molecule has 0 unspecified atom stereocenters. The van der Waals surface area contributed by atoms with Gasteiger partial charge in [-0.3, -0.25) is 4.79 Å². The van der Waals surface area contributed by atoms with Gasteiger partial charge in [0.25, 0.3) is 0 Å². The van der Waals surface area contributed by atoms with E-state index in [4.69, 9.17) is 4.74 Å². The van der Waals surface area contributed by atoms with E-state index >= 15 is 0 Å². The highest BCUT2D eigenvalue weighted by Crippen LogP contribution is 2.65. The molecule has 0 aromatic carbocycles. The molecule has 0 spiro atoms. The molecule has 0 radical (unpaired) electrons. The maximum Gasteiger partial charge on any atom is 0.330 e. The standard InChI is InChI=1S/C24H30O3/c1-4-22(26)27-14-11-16-6-8-20-19-7-5-17-15-18(25)9-12-24(17,3)21(19)10-13-23(16,20)2/h4,9,11-12,15,19-21H,1,5-8,10,13-14H2,2-3H3/b16-11+/t19-,20-,21-,23+,24-/m0/s1. The number of allylic oxidation sites excluding steroid dienone is 5. The van der Waals surface area contributed by atoms with Crippen molar-refractivity contribution in [3.8, 4) is 0 Å². The number of ether oxygens (including phenoxy) is 1. The summed E-state index contributed by atoms with van der Waals surface area (Å²) in [5.41, 5.74) is 3.12. The van der Waals surface area contributed by atoms with E-state index in [1.54, 1.807) is 6.08 Å². The van der Waals surface area contributed by atoms with Crippen LogP contribution >= 0.6 is 0 Å². The number of ketones is 1. The maximum atomic E-state index is 11.9. The first-order valence-electron chi connectivity index (χ1n) is 10.3. The lowest BCUT2D eigenvalue weighted by atomic mass is 9.48. The molecule has 0 saturated heterocycles. The Kier molecular flexibility index (Phi) is 4.52. The molecule has 4 aliphatic carbocycles. The van der Waals surface area contributed by atoms with Gasteiger partial charge < -0.3 is 4.74 Å². The van der Waals surface area contributed by atoms with Crippen LogP contribution in [-0.2, 0) is 14.3 Å². The lowest BCUT2D eigenvalue weighted by Gasteiger charge is -2.56. The minimum absolute atomic E-state index is 0.0596. The van der Waals surface area contributed by atoms with Crippen LogP contribution in [0.3, 0.4) is 0 Å². The van der Waals surface area contributed by atoms with Crippen molar-refractivity contribution in [1.29, 1.82) is 0 Å². The normalized spacial score (nSPS) is 41.4. The van der Waals surface area contributed by atoms with E-state index in [1.165, 1.54) is 42.9 Å². The number of carbonyl (C=O) groups excluding carboxylic acids is 2. The van der Waals surface area contributed by atoms with Gasteiger partial charge in [-0.15, -0.1) is 0 Å². The van der Waals surface area contributed by atoms with Crippen LogP contribution < -0.4 is 0 Å². The highest BCUT2D eigenvalue weighted by atomic mass is 16.5. The maximum absolute atomic E-state index is 11.9. The van der Waals surface area contributed by atoms with Gasteiger partial charge in [0.1, 0.15) is 6.61 Å². The predicted molar refractivity (Wildman–Crippen MR) is 106 cm³/mol. The van der Waals surface area contributed by atoms with Gasteiger partial charge in [-0.25, -0.2) is 4.79 Å². The Balaban J connectivity index is 1.56. The molecule has 144 valence electrons. The minimum Gasteiger partial charge on any atom is -0.458 e. The molecule has 3 fully saturated rings. The lowest BCUT2D eigenvalue weighted by molar-refractivity contribution is -0.136. The largest absolute Gasteiger partial charge is 0.458 e. The molecule has 0 aromatic heterocycles. The van der Waals surface area contributed by atoms with Gasteiger partial charge in [0, 0.05) is 11.5 Å². The third-order valence-electron chi connectivity index (χ3n) is 8.13. The Labute approximate surface area is 162 Å². The first-order valence-corrected chi connectivity index (χ1v) is 10.3. The molecule has 5 atom stereocenters. The van der Waals surface area contributed by atoms with Crippen molar-refractivity contribution in [3.63, 3.8) is 0 Å². The van der Waals surface area contributed by atoms with Gasteiger partial charge in [0.05, 0.1) is 0 Å². The van der Waals surface area contributed by atoms with Gasteiger partial charge >= 0.3 is 5.97 Å². The SMILES string of the molecule is C=CC(=O)OC/C=C1\CC[C@H]2[C@@H]3CCC4=CC(=O)C=C[C@]4(C)[C@H]3CC[C@]12C. The van der Waals surface area contributed by atoms with Crippen molar-refractivity contribution in [2.45, 2.75) is 52.4 Å². The second-order valence-corrected chi connectivity index (χ2v) is 9.16. The van der Waals surface area contributed by atoms with Gasteiger partial charge in [-0.2, -0.15) is 0 Å². The molecule has 0 bridgehead atoms. The van der Waals surface area contributed by atoms with E-state index in [-0.39, 0.29) is 22.6 Å². The van der Waals surface area contributed by atoms with E-state index < -0.39 is 0 Å². The molecule has 27 heavy (non-hydrogen) atoms.